The van der Waals surface area contributed by atoms with Crippen LogP contribution >= 0.6 is 23.2 Å². The lowest BCUT2D eigenvalue weighted by Gasteiger charge is -2.11. The minimum atomic E-state index is -0.366. The number of nitrogens with one attached hydrogen (secondary N) is 1. The highest BCUT2D eigenvalue weighted by Crippen LogP contribution is 2.23. The van der Waals surface area contributed by atoms with Gasteiger partial charge in [0.15, 0.2) is 0 Å². The zero-order chi connectivity index (χ0) is 15.4. The van der Waals surface area contributed by atoms with Crippen LogP contribution in [0.4, 0.5) is 5.69 Å². The van der Waals surface area contributed by atoms with Crippen LogP contribution in [0.3, 0.4) is 0 Å². The first-order valence-corrected chi connectivity index (χ1v) is 6.83. The first-order chi connectivity index (χ1) is 10.0. The summed E-state index contributed by atoms with van der Waals surface area (Å²) in [6.07, 6.45) is 0. The lowest BCUT2D eigenvalue weighted by atomic mass is 10.1. The van der Waals surface area contributed by atoms with Crippen molar-refractivity contribution in [2.24, 2.45) is 5.16 Å². The van der Waals surface area contributed by atoms with E-state index in [9.17, 15) is 4.79 Å². The van der Waals surface area contributed by atoms with Crippen molar-refractivity contribution in [3.63, 3.8) is 0 Å². The molecule has 0 aliphatic heterocycles. The Bertz CT molecular complexity index is 715. The predicted molar refractivity (Wildman–Crippen MR) is 84.9 cm³/mol. The van der Waals surface area contributed by atoms with Crippen molar-refractivity contribution < 1.29 is 10.0 Å². The van der Waals surface area contributed by atoms with E-state index in [4.69, 9.17) is 28.4 Å². The Morgan fingerprint density at radius 3 is 2.52 bits per heavy atom. The molecule has 0 bridgehead atoms. The number of para-hydroxylation sites is 1. The van der Waals surface area contributed by atoms with Crippen molar-refractivity contribution in [3.8, 4) is 0 Å². The summed E-state index contributed by atoms with van der Waals surface area (Å²) in [5.74, 6) is -0.366. The highest BCUT2D eigenvalue weighted by Gasteiger charge is 2.13. The van der Waals surface area contributed by atoms with E-state index in [1.54, 1.807) is 43.3 Å². The predicted octanol–water partition coefficient (Wildman–Crippen LogP) is 4.44. The molecule has 0 aliphatic rings. The lowest BCUT2D eigenvalue weighted by molar-refractivity contribution is 0.102. The molecule has 0 aromatic heterocycles. The number of oxime groups is 1. The molecule has 0 saturated heterocycles. The first-order valence-electron chi connectivity index (χ1n) is 6.07. The van der Waals surface area contributed by atoms with Crippen LogP contribution in [-0.4, -0.2) is 16.8 Å². The third kappa shape index (κ3) is 3.54. The van der Waals surface area contributed by atoms with Crippen molar-refractivity contribution in [2.75, 3.05) is 5.32 Å². The average molecular weight is 323 g/mol. The van der Waals surface area contributed by atoms with Crippen LogP contribution in [0.25, 0.3) is 0 Å². The molecule has 0 radical (unpaired) electrons. The molecule has 2 aromatic carbocycles. The third-order valence-electron chi connectivity index (χ3n) is 2.89. The second kappa shape index (κ2) is 6.61. The van der Waals surface area contributed by atoms with E-state index in [0.717, 1.165) is 0 Å². The van der Waals surface area contributed by atoms with Crippen LogP contribution in [0.15, 0.2) is 47.6 Å². The molecule has 0 heterocycles. The molecule has 4 nitrogen and oxygen atoms in total. The monoisotopic (exact) mass is 322 g/mol. The van der Waals surface area contributed by atoms with Gasteiger partial charge in [-0.05, 0) is 31.2 Å². The molecule has 0 spiro atoms. The summed E-state index contributed by atoms with van der Waals surface area (Å²) in [6, 6.07) is 11.7. The van der Waals surface area contributed by atoms with Gasteiger partial charge in [-0.1, -0.05) is 46.6 Å². The highest BCUT2D eigenvalue weighted by molar-refractivity contribution is 6.37. The normalized spacial score (nSPS) is 11.3. The van der Waals surface area contributed by atoms with Gasteiger partial charge in [0.05, 0.1) is 22.0 Å². The quantitative estimate of drug-likeness (QED) is 0.498. The minimum Gasteiger partial charge on any atom is -0.411 e. The van der Waals surface area contributed by atoms with Crippen molar-refractivity contribution in [1.82, 2.24) is 0 Å². The van der Waals surface area contributed by atoms with Gasteiger partial charge in [0.1, 0.15) is 0 Å². The highest BCUT2D eigenvalue weighted by atomic mass is 35.5. The maximum absolute atomic E-state index is 12.3. The number of amides is 1. The first kappa shape index (κ1) is 15.4. The molecular formula is C15H12Cl2N2O2. The van der Waals surface area contributed by atoms with Crippen LogP contribution in [0.1, 0.15) is 22.8 Å². The van der Waals surface area contributed by atoms with Gasteiger partial charge < -0.3 is 10.5 Å². The van der Waals surface area contributed by atoms with Crippen LogP contribution in [0, 0.1) is 0 Å². The summed E-state index contributed by atoms with van der Waals surface area (Å²) >= 11 is 11.8. The minimum absolute atomic E-state index is 0.269. The van der Waals surface area contributed by atoms with E-state index in [1.165, 1.54) is 6.07 Å². The molecule has 0 unspecified atom stereocenters. The molecule has 2 aromatic rings. The Morgan fingerprint density at radius 2 is 1.86 bits per heavy atom. The fraction of sp³-hybridized carbons (Fsp3) is 0.0667. The number of halogens is 2. The Balaban J connectivity index is 2.32. The maximum Gasteiger partial charge on any atom is 0.257 e. The van der Waals surface area contributed by atoms with Crippen molar-refractivity contribution in [1.29, 1.82) is 0 Å². The Kier molecular flexibility index (Phi) is 4.83. The number of rotatable bonds is 3. The van der Waals surface area contributed by atoms with E-state index in [0.29, 0.717) is 27.5 Å². The van der Waals surface area contributed by atoms with Gasteiger partial charge in [0, 0.05) is 10.6 Å². The molecule has 0 saturated carbocycles. The van der Waals surface area contributed by atoms with Gasteiger partial charge in [-0.15, -0.1) is 0 Å². The van der Waals surface area contributed by atoms with Gasteiger partial charge in [0.25, 0.3) is 5.91 Å². The van der Waals surface area contributed by atoms with Crippen molar-refractivity contribution in [2.45, 2.75) is 6.92 Å². The molecule has 0 aliphatic carbocycles. The molecule has 2 N–H and O–H groups in total. The summed E-state index contributed by atoms with van der Waals surface area (Å²) < 4.78 is 0. The lowest BCUT2D eigenvalue weighted by Crippen LogP contribution is -2.15. The van der Waals surface area contributed by atoms with Crippen LogP contribution in [-0.2, 0) is 0 Å². The number of carbonyl (C=O) groups is 1. The molecule has 6 heteroatoms. The summed E-state index contributed by atoms with van der Waals surface area (Å²) in [5, 5.41) is 15.5. The molecular weight excluding hydrogens is 311 g/mol. The Hall–Kier alpha value is -2.04. The van der Waals surface area contributed by atoms with E-state index >= 15 is 0 Å². The Labute approximate surface area is 132 Å². The zero-order valence-electron chi connectivity index (χ0n) is 11.1. The summed E-state index contributed by atoms with van der Waals surface area (Å²) in [6.45, 7) is 1.64. The third-order valence-corrected chi connectivity index (χ3v) is 3.44. The molecule has 0 fully saturated rings. The maximum atomic E-state index is 12.3. The fourth-order valence-corrected chi connectivity index (χ4v) is 2.32. The van der Waals surface area contributed by atoms with E-state index in [1.807, 2.05) is 0 Å². The number of carbonyl (C=O) groups excluding carboxylic acids is 1. The second-order valence-electron chi connectivity index (χ2n) is 4.31. The topological polar surface area (TPSA) is 61.7 Å². The van der Waals surface area contributed by atoms with Crippen LogP contribution < -0.4 is 5.32 Å². The van der Waals surface area contributed by atoms with Crippen LogP contribution in [0.2, 0.25) is 10.0 Å². The van der Waals surface area contributed by atoms with E-state index in [-0.39, 0.29) is 10.9 Å². The van der Waals surface area contributed by atoms with Gasteiger partial charge in [-0.2, -0.15) is 0 Å². The van der Waals surface area contributed by atoms with E-state index in [2.05, 4.69) is 10.5 Å². The molecule has 2 rings (SSSR count). The van der Waals surface area contributed by atoms with Crippen molar-refractivity contribution >= 4 is 40.5 Å². The van der Waals surface area contributed by atoms with Crippen molar-refractivity contribution in [3.05, 3.63) is 63.6 Å². The molecule has 1 amide bonds. The summed E-state index contributed by atoms with van der Waals surface area (Å²) in [7, 11) is 0. The molecule has 21 heavy (non-hydrogen) atoms. The summed E-state index contributed by atoms with van der Waals surface area (Å²) in [5.41, 5.74) is 1.87. The summed E-state index contributed by atoms with van der Waals surface area (Å²) in [4.78, 5) is 12.3. The molecule has 0 atom stereocenters. The standard InChI is InChI=1S/C15H12Cl2N2O2/c1-9(19-21)11-4-2-3-5-14(11)18-15(20)12-7-6-10(16)8-13(12)17/h2-8,21H,1H3,(H,18,20)/b19-9+. The van der Waals surface area contributed by atoms with Gasteiger partial charge >= 0.3 is 0 Å². The fourth-order valence-electron chi connectivity index (χ4n) is 1.82. The zero-order valence-corrected chi connectivity index (χ0v) is 12.6. The average Bonchev–Trinajstić information content (AvgIpc) is 2.46. The van der Waals surface area contributed by atoms with Crippen LogP contribution in [0.5, 0.6) is 0 Å². The SMILES string of the molecule is C/C(=N\O)c1ccccc1NC(=O)c1ccc(Cl)cc1Cl. The second-order valence-corrected chi connectivity index (χ2v) is 5.15. The number of benzene rings is 2. The number of hydrogen-bond acceptors (Lipinski definition) is 3. The van der Waals surface area contributed by atoms with Gasteiger partial charge in [-0.25, -0.2) is 0 Å². The number of hydrogen-bond donors (Lipinski definition) is 2. The smallest absolute Gasteiger partial charge is 0.257 e. The van der Waals surface area contributed by atoms with Gasteiger partial charge in [0.2, 0.25) is 0 Å². The van der Waals surface area contributed by atoms with Gasteiger partial charge in [-0.3, -0.25) is 4.79 Å². The molecule has 108 valence electrons. The number of anilines is 1. The van der Waals surface area contributed by atoms with E-state index < -0.39 is 0 Å². The Morgan fingerprint density at radius 1 is 1.14 bits per heavy atom. The largest absolute Gasteiger partial charge is 0.411 e. The number of nitrogens with zero attached hydrogens (tertiary/aromatic N) is 1.